The van der Waals surface area contributed by atoms with Crippen LogP contribution in [0.4, 0.5) is 0 Å². The van der Waals surface area contributed by atoms with Gasteiger partial charge in [0.15, 0.2) is 0 Å². The molecule has 0 bridgehead atoms. The summed E-state index contributed by atoms with van der Waals surface area (Å²) in [6.07, 6.45) is 5.77. The number of rotatable bonds is 5. The van der Waals surface area contributed by atoms with E-state index in [0.717, 1.165) is 30.3 Å². The van der Waals surface area contributed by atoms with Gasteiger partial charge in [0.1, 0.15) is 11.5 Å². The third kappa shape index (κ3) is 2.31. The molecular weight excluding hydrogens is 238 g/mol. The van der Waals surface area contributed by atoms with Gasteiger partial charge in [0.05, 0.1) is 6.54 Å². The molecule has 1 aromatic rings. The van der Waals surface area contributed by atoms with Gasteiger partial charge in [-0.05, 0) is 50.2 Å². The van der Waals surface area contributed by atoms with E-state index in [1.165, 1.54) is 19.3 Å². The van der Waals surface area contributed by atoms with Gasteiger partial charge in [-0.1, -0.05) is 6.92 Å². The summed E-state index contributed by atoms with van der Waals surface area (Å²) in [5.74, 6) is 4.17. The van der Waals surface area contributed by atoms with Crippen molar-refractivity contribution < 1.29 is 9.21 Å². The summed E-state index contributed by atoms with van der Waals surface area (Å²) in [7, 11) is 0. The highest BCUT2D eigenvalue weighted by Crippen LogP contribution is 2.47. The average Bonchev–Trinajstić information content (AvgIpc) is 3.24. The zero-order valence-electron chi connectivity index (χ0n) is 11.5. The lowest BCUT2D eigenvalue weighted by Gasteiger charge is -2.21. The maximum absolute atomic E-state index is 12.3. The second-order valence-corrected chi connectivity index (χ2v) is 6.60. The second-order valence-electron chi connectivity index (χ2n) is 6.60. The fourth-order valence-electron chi connectivity index (χ4n) is 2.90. The Labute approximate surface area is 114 Å². The Hall–Kier alpha value is -1.25. The van der Waals surface area contributed by atoms with Gasteiger partial charge < -0.3 is 9.32 Å². The summed E-state index contributed by atoms with van der Waals surface area (Å²) in [5.41, 5.74) is 0. The summed E-state index contributed by atoms with van der Waals surface area (Å²) in [5, 5.41) is 0. The topological polar surface area (TPSA) is 33.5 Å². The van der Waals surface area contributed by atoms with E-state index < -0.39 is 0 Å². The summed E-state index contributed by atoms with van der Waals surface area (Å²) >= 11 is 0. The fourth-order valence-corrected chi connectivity index (χ4v) is 2.90. The minimum absolute atomic E-state index is 0.318. The number of hydrogen-bond donors (Lipinski definition) is 0. The molecule has 1 aromatic heterocycles. The lowest BCUT2D eigenvalue weighted by atomic mass is 10.2. The first-order chi connectivity index (χ1) is 9.22. The van der Waals surface area contributed by atoms with Crippen molar-refractivity contribution in [3.05, 3.63) is 23.7 Å². The lowest BCUT2D eigenvalue weighted by Crippen LogP contribution is -2.33. The van der Waals surface area contributed by atoms with Crippen LogP contribution in [-0.2, 0) is 11.3 Å². The molecule has 0 spiro atoms. The van der Waals surface area contributed by atoms with E-state index in [-0.39, 0.29) is 0 Å². The molecule has 19 heavy (non-hydrogen) atoms. The molecule has 3 fully saturated rings. The van der Waals surface area contributed by atoms with Crippen molar-refractivity contribution in [2.24, 2.45) is 11.8 Å². The van der Waals surface area contributed by atoms with Crippen LogP contribution in [0.2, 0.25) is 0 Å². The minimum Gasteiger partial charge on any atom is -0.464 e. The Morgan fingerprint density at radius 1 is 1.32 bits per heavy atom. The van der Waals surface area contributed by atoms with Gasteiger partial charge in [-0.15, -0.1) is 0 Å². The number of nitrogens with zero attached hydrogens (tertiary/aromatic N) is 1. The molecule has 0 saturated heterocycles. The van der Waals surface area contributed by atoms with E-state index in [1.54, 1.807) is 0 Å². The largest absolute Gasteiger partial charge is 0.464 e. The maximum Gasteiger partial charge on any atom is 0.226 e. The summed E-state index contributed by atoms with van der Waals surface area (Å²) in [6, 6.07) is 4.66. The van der Waals surface area contributed by atoms with Crippen molar-refractivity contribution in [1.29, 1.82) is 0 Å². The maximum atomic E-state index is 12.3. The molecule has 0 unspecified atom stereocenters. The second kappa shape index (κ2) is 4.12. The molecule has 2 atom stereocenters. The molecule has 0 aliphatic heterocycles. The molecule has 102 valence electrons. The quantitative estimate of drug-likeness (QED) is 0.813. The third-order valence-electron chi connectivity index (χ3n) is 4.68. The third-order valence-corrected chi connectivity index (χ3v) is 4.68. The summed E-state index contributed by atoms with van der Waals surface area (Å²) in [6.45, 7) is 2.95. The number of furan rings is 1. The number of carbonyl (C=O) groups is 1. The van der Waals surface area contributed by atoms with Crippen LogP contribution in [0.5, 0.6) is 0 Å². The summed E-state index contributed by atoms with van der Waals surface area (Å²) in [4.78, 5) is 14.3. The van der Waals surface area contributed by atoms with Crippen molar-refractivity contribution in [3.63, 3.8) is 0 Å². The van der Waals surface area contributed by atoms with Crippen LogP contribution in [0.15, 0.2) is 16.5 Å². The standard InChI is InChI=1S/C16H21NO2/c1-10-8-14(10)15-7-6-13(19-15)9-17(12-4-5-12)16(18)11-2-3-11/h6-7,10-12,14H,2-5,8-9H2,1H3/t10-,14-/m1/s1. The first-order valence-electron chi connectivity index (χ1n) is 7.61. The van der Waals surface area contributed by atoms with Gasteiger partial charge in [-0.2, -0.15) is 0 Å². The van der Waals surface area contributed by atoms with Crippen LogP contribution in [0.3, 0.4) is 0 Å². The monoisotopic (exact) mass is 259 g/mol. The number of carbonyl (C=O) groups excluding carboxylic acids is 1. The first kappa shape index (κ1) is 11.6. The summed E-state index contributed by atoms with van der Waals surface area (Å²) < 4.78 is 5.94. The average molecular weight is 259 g/mol. The van der Waals surface area contributed by atoms with Gasteiger partial charge in [-0.3, -0.25) is 4.79 Å². The van der Waals surface area contributed by atoms with Gasteiger partial charge in [0, 0.05) is 17.9 Å². The molecule has 3 aliphatic rings. The molecule has 1 amide bonds. The van der Waals surface area contributed by atoms with Gasteiger partial charge in [0.2, 0.25) is 5.91 Å². The van der Waals surface area contributed by atoms with Crippen LogP contribution < -0.4 is 0 Å². The van der Waals surface area contributed by atoms with E-state index in [1.807, 2.05) is 0 Å². The van der Waals surface area contributed by atoms with Crippen molar-refractivity contribution in [3.8, 4) is 0 Å². The van der Waals surface area contributed by atoms with E-state index in [0.29, 0.717) is 30.3 Å². The smallest absolute Gasteiger partial charge is 0.226 e. The molecule has 3 nitrogen and oxygen atoms in total. The van der Waals surface area contributed by atoms with Crippen molar-refractivity contribution >= 4 is 5.91 Å². The Morgan fingerprint density at radius 3 is 2.63 bits per heavy atom. The van der Waals surface area contributed by atoms with Gasteiger partial charge in [-0.25, -0.2) is 0 Å². The van der Waals surface area contributed by atoms with E-state index >= 15 is 0 Å². The highest BCUT2D eigenvalue weighted by molar-refractivity contribution is 5.81. The van der Waals surface area contributed by atoms with Gasteiger partial charge in [0.25, 0.3) is 0 Å². The molecule has 1 heterocycles. The molecule has 3 aliphatic carbocycles. The highest BCUT2D eigenvalue weighted by atomic mass is 16.3. The molecule has 3 heteroatoms. The number of amides is 1. The SMILES string of the molecule is C[C@@H]1C[C@H]1c1ccc(CN(C(=O)C2CC2)C2CC2)o1. The lowest BCUT2D eigenvalue weighted by molar-refractivity contribution is -0.134. The van der Waals surface area contributed by atoms with Crippen LogP contribution in [0.25, 0.3) is 0 Å². The Bertz CT molecular complexity index is 499. The van der Waals surface area contributed by atoms with E-state index in [2.05, 4.69) is 24.0 Å². The van der Waals surface area contributed by atoms with E-state index in [4.69, 9.17) is 4.42 Å². The Kier molecular flexibility index (Phi) is 2.51. The number of hydrogen-bond acceptors (Lipinski definition) is 2. The highest BCUT2D eigenvalue weighted by Gasteiger charge is 2.41. The van der Waals surface area contributed by atoms with Gasteiger partial charge >= 0.3 is 0 Å². The molecule has 0 aromatic carbocycles. The van der Waals surface area contributed by atoms with Crippen LogP contribution in [-0.4, -0.2) is 16.8 Å². The predicted molar refractivity (Wildman–Crippen MR) is 71.5 cm³/mol. The van der Waals surface area contributed by atoms with Crippen molar-refractivity contribution in [2.75, 3.05) is 0 Å². The minimum atomic E-state index is 0.318. The normalized spacial score (nSPS) is 29.3. The van der Waals surface area contributed by atoms with Crippen molar-refractivity contribution in [2.45, 2.75) is 57.5 Å². The Balaban J connectivity index is 1.45. The zero-order valence-corrected chi connectivity index (χ0v) is 11.5. The van der Waals surface area contributed by atoms with Crippen LogP contribution >= 0.6 is 0 Å². The molecule has 3 saturated carbocycles. The molecule has 0 N–H and O–H groups in total. The molecular formula is C16H21NO2. The first-order valence-corrected chi connectivity index (χ1v) is 7.61. The Morgan fingerprint density at radius 2 is 2.05 bits per heavy atom. The zero-order chi connectivity index (χ0) is 13.0. The fraction of sp³-hybridized carbons (Fsp3) is 0.688. The van der Waals surface area contributed by atoms with Crippen molar-refractivity contribution in [1.82, 2.24) is 4.90 Å². The van der Waals surface area contributed by atoms with Crippen LogP contribution in [0, 0.1) is 11.8 Å². The molecule has 0 radical (unpaired) electrons. The van der Waals surface area contributed by atoms with Crippen LogP contribution in [0.1, 0.15) is 56.5 Å². The molecule has 4 rings (SSSR count). The predicted octanol–water partition coefficient (Wildman–Crippen LogP) is 3.30. The van der Waals surface area contributed by atoms with E-state index in [9.17, 15) is 4.79 Å².